The number of hydrogen-bond acceptors (Lipinski definition) is 8. The smallest absolute Gasteiger partial charge is 0.282 e. The van der Waals surface area contributed by atoms with Crippen molar-refractivity contribution in [3.8, 4) is 17.2 Å². The SMILES string of the molecule is CCc1cc2c(=O)n(/N=C\c3cc(OC)c(OCC(N)=O)c(OC)c3)cnc2s1. The standard InChI is InChI=1S/C19H20N4O5S/c1-4-12-7-13-18(29-12)21-10-23(19(13)25)22-8-11-5-14(26-2)17(15(6-11)27-3)28-9-16(20)24/h5-8,10H,4,9H2,1-3H3,(H2,20,24)/b22-8-. The van der Waals surface area contributed by atoms with Crippen LogP contribution in [0.5, 0.6) is 17.2 Å². The molecule has 29 heavy (non-hydrogen) atoms. The van der Waals surface area contributed by atoms with Gasteiger partial charge in [-0.2, -0.15) is 9.78 Å². The Morgan fingerprint density at radius 2 is 1.97 bits per heavy atom. The molecule has 1 amide bonds. The van der Waals surface area contributed by atoms with Crippen molar-refractivity contribution in [2.75, 3.05) is 20.8 Å². The lowest BCUT2D eigenvalue weighted by atomic mass is 10.2. The molecule has 2 heterocycles. The Labute approximate surface area is 170 Å². The van der Waals surface area contributed by atoms with Crippen LogP contribution >= 0.6 is 11.3 Å². The summed E-state index contributed by atoms with van der Waals surface area (Å²) in [6, 6.07) is 5.12. The maximum Gasteiger partial charge on any atom is 0.282 e. The van der Waals surface area contributed by atoms with Gasteiger partial charge >= 0.3 is 0 Å². The summed E-state index contributed by atoms with van der Waals surface area (Å²) >= 11 is 1.50. The van der Waals surface area contributed by atoms with Crippen LogP contribution in [0, 0.1) is 0 Å². The van der Waals surface area contributed by atoms with Crippen molar-refractivity contribution >= 4 is 33.7 Å². The zero-order valence-corrected chi connectivity index (χ0v) is 17.0. The van der Waals surface area contributed by atoms with E-state index in [9.17, 15) is 9.59 Å². The Morgan fingerprint density at radius 1 is 1.28 bits per heavy atom. The molecule has 0 saturated carbocycles. The highest BCUT2D eigenvalue weighted by Crippen LogP contribution is 2.38. The molecule has 10 heteroatoms. The zero-order chi connectivity index (χ0) is 21.0. The Kier molecular flexibility index (Phi) is 6.13. The molecular formula is C19H20N4O5S. The predicted octanol–water partition coefficient (Wildman–Crippen LogP) is 1.78. The number of amides is 1. The molecule has 3 aromatic rings. The Bertz CT molecular complexity index is 1110. The van der Waals surface area contributed by atoms with Gasteiger partial charge in [-0.25, -0.2) is 4.98 Å². The molecule has 0 unspecified atom stereocenters. The number of ether oxygens (including phenoxy) is 3. The summed E-state index contributed by atoms with van der Waals surface area (Å²) in [5.41, 5.74) is 5.47. The molecule has 0 aliphatic rings. The van der Waals surface area contributed by atoms with Gasteiger partial charge in [-0.15, -0.1) is 11.3 Å². The zero-order valence-electron chi connectivity index (χ0n) is 16.2. The average Bonchev–Trinajstić information content (AvgIpc) is 3.15. The van der Waals surface area contributed by atoms with Crippen molar-refractivity contribution in [3.63, 3.8) is 0 Å². The van der Waals surface area contributed by atoms with E-state index in [1.807, 2.05) is 13.0 Å². The van der Waals surface area contributed by atoms with Crippen molar-refractivity contribution in [1.29, 1.82) is 0 Å². The first-order valence-electron chi connectivity index (χ1n) is 8.68. The lowest BCUT2D eigenvalue weighted by Crippen LogP contribution is -2.20. The van der Waals surface area contributed by atoms with Gasteiger partial charge in [0.2, 0.25) is 5.75 Å². The van der Waals surface area contributed by atoms with Crippen LogP contribution in [0.25, 0.3) is 10.2 Å². The minimum Gasteiger partial charge on any atom is -0.493 e. The highest BCUT2D eigenvalue weighted by molar-refractivity contribution is 7.18. The second-order valence-electron chi connectivity index (χ2n) is 5.93. The number of rotatable bonds is 8. The van der Waals surface area contributed by atoms with Gasteiger partial charge < -0.3 is 19.9 Å². The molecule has 0 saturated heterocycles. The van der Waals surface area contributed by atoms with Crippen LogP contribution in [0.3, 0.4) is 0 Å². The highest BCUT2D eigenvalue weighted by Gasteiger charge is 2.15. The number of fused-ring (bicyclic) bond motifs is 1. The third kappa shape index (κ3) is 4.37. The fraction of sp³-hybridized carbons (Fsp3) is 0.263. The Hall–Kier alpha value is -3.40. The van der Waals surface area contributed by atoms with Crippen LogP contribution in [0.4, 0.5) is 0 Å². The van der Waals surface area contributed by atoms with E-state index in [2.05, 4.69) is 10.1 Å². The van der Waals surface area contributed by atoms with Crippen LogP contribution in [0.1, 0.15) is 17.4 Å². The number of primary amides is 1. The minimum atomic E-state index is -0.623. The summed E-state index contributed by atoms with van der Waals surface area (Å²) in [6.07, 6.45) is 3.70. The van der Waals surface area contributed by atoms with E-state index in [0.29, 0.717) is 27.3 Å². The van der Waals surface area contributed by atoms with Gasteiger partial charge in [0.05, 0.1) is 25.8 Å². The van der Waals surface area contributed by atoms with Crippen molar-refractivity contribution in [2.24, 2.45) is 10.8 Å². The maximum absolute atomic E-state index is 12.6. The molecule has 0 aliphatic carbocycles. The highest BCUT2D eigenvalue weighted by atomic mass is 32.1. The third-order valence-electron chi connectivity index (χ3n) is 4.01. The van der Waals surface area contributed by atoms with Crippen LogP contribution in [-0.2, 0) is 11.2 Å². The normalized spacial score (nSPS) is 11.1. The molecule has 0 spiro atoms. The minimum absolute atomic E-state index is 0.247. The molecule has 0 atom stereocenters. The number of aryl methyl sites for hydroxylation is 1. The number of nitrogens with two attached hydrogens (primary N) is 1. The van der Waals surface area contributed by atoms with E-state index in [1.165, 1.54) is 42.8 Å². The summed E-state index contributed by atoms with van der Waals surface area (Å²) in [7, 11) is 2.91. The summed E-state index contributed by atoms with van der Waals surface area (Å²) < 4.78 is 17.2. The van der Waals surface area contributed by atoms with E-state index in [4.69, 9.17) is 19.9 Å². The van der Waals surface area contributed by atoms with Crippen LogP contribution in [-0.4, -0.2) is 42.6 Å². The first-order chi connectivity index (χ1) is 14.0. The van der Waals surface area contributed by atoms with Gasteiger partial charge in [0.15, 0.2) is 18.1 Å². The summed E-state index contributed by atoms with van der Waals surface area (Å²) in [4.78, 5) is 29.7. The summed E-state index contributed by atoms with van der Waals surface area (Å²) in [5.74, 6) is 0.287. The topological polar surface area (TPSA) is 118 Å². The number of thiophene rings is 1. The first-order valence-corrected chi connectivity index (χ1v) is 9.50. The predicted molar refractivity (Wildman–Crippen MR) is 110 cm³/mol. The molecule has 152 valence electrons. The maximum atomic E-state index is 12.6. The first kappa shape index (κ1) is 20.3. The summed E-state index contributed by atoms with van der Waals surface area (Å²) in [5, 5.41) is 4.75. The van der Waals surface area contributed by atoms with E-state index in [1.54, 1.807) is 12.1 Å². The molecule has 1 aromatic carbocycles. The molecule has 3 rings (SSSR count). The number of benzene rings is 1. The van der Waals surface area contributed by atoms with Gasteiger partial charge in [0.1, 0.15) is 11.2 Å². The van der Waals surface area contributed by atoms with Crippen molar-refractivity contribution < 1.29 is 19.0 Å². The number of hydrogen-bond donors (Lipinski definition) is 1. The number of methoxy groups -OCH3 is 2. The molecule has 2 aromatic heterocycles. The molecule has 0 bridgehead atoms. The fourth-order valence-electron chi connectivity index (χ4n) is 2.61. The van der Waals surface area contributed by atoms with Gasteiger partial charge in [-0.05, 0) is 24.6 Å². The largest absolute Gasteiger partial charge is 0.493 e. The molecule has 2 N–H and O–H groups in total. The molecule has 9 nitrogen and oxygen atoms in total. The Morgan fingerprint density at radius 3 is 2.55 bits per heavy atom. The third-order valence-corrected chi connectivity index (χ3v) is 5.20. The average molecular weight is 416 g/mol. The lowest BCUT2D eigenvalue weighted by molar-refractivity contribution is -0.119. The molecule has 0 fully saturated rings. The number of carbonyl (C=O) groups is 1. The van der Waals surface area contributed by atoms with Crippen molar-refractivity contribution in [1.82, 2.24) is 9.66 Å². The van der Waals surface area contributed by atoms with E-state index in [-0.39, 0.29) is 17.9 Å². The second kappa shape index (κ2) is 8.74. The van der Waals surface area contributed by atoms with E-state index >= 15 is 0 Å². The van der Waals surface area contributed by atoms with Crippen LogP contribution < -0.4 is 25.5 Å². The molecular weight excluding hydrogens is 396 g/mol. The molecule has 0 aliphatic heterocycles. The van der Waals surface area contributed by atoms with Gasteiger partial charge in [-0.1, -0.05) is 6.92 Å². The van der Waals surface area contributed by atoms with Crippen molar-refractivity contribution in [3.05, 3.63) is 45.3 Å². The number of nitrogens with zero attached hydrogens (tertiary/aromatic N) is 3. The monoisotopic (exact) mass is 416 g/mol. The quantitative estimate of drug-likeness (QED) is 0.559. The second-order valence-corrected chi connectivity index (χ2v) is 7.05. The van der Waals surface area contributed by atoms with Crippen LogP contribution in [0.2, 0.25) is 0 Å². The van der Waals surface area contributed by atoms with Gasteiger partial charge in [-0.3, -0.25) is 9.59 Å². The number of aromatic nitrogens is 2. The van der Waals surface area contributed by atoms with Gasteiger partial charge in [0, 0.05) is 10.4 Å². The van der Waals surface area contributed by atoms with Gasteiger partial charge in [0.25, 0.3) is 11.5 Å². The summed E-state index contributed by atoms with van der Waals surface area (Å²) in [6.45, 7) is 1.71. The number of carbonyl (C=O) groups excluding carboxylic acids is 1. The fourth-order valence-corrected chi connectivity index (χ4v) is 3.53. The molecule has 0 radical (unpaired) electrons. The lowest BCUT2D eigenvalue weighted by Gasteiger charge is -2.14. The Balaban J connectivity index is 1.96. The van der Waals surface area contributed by atoms with E-state index < -0.39 is 5.91 Å². The van der Waals surface area contributed by atoms with Crippen molar-refractivity contribution in [2.45, 2.75) is 13.3 Å². The van der Waals surface area contributed by atoms with E-state index in [0.717, 1.165) is 11.3 Å². The van der Waals surface area contributed by atoms with Crippen LogP contribution in [0.15, 0.2) is 34.4 Å².